The van der Waals surface area contributed by atoms with Gasteiger partial charge in [-0.1, -0.05) is 74.5 Å². The molecular formula is C28H36F6N2O4. The second-order valence-corrected chi connectivity index (χ2v) is 10.5. The summed E-state index contributed by atoms with van der Waals surface area (Å²) >= 11 is 0. The largest absolute Gasteiger partial charge is 0.465 e. The molecule has 40 heavy (non-hydrogen) atoms. The lowest BCUT2D eigenvalue weighted by molar-refractivity contribution is -0.175. The zero-order valence-corrected chi connectivity index (χ0v) is 22.9. The molecule has 0 spiro atoms. The highest BCUT2D eigenvalue weighted by Gasteiger charge is 2.47. The van der Waals surface area contributed by atoms with Crippen molar-refractivity contribution in [2.75, 3.05) is 6.61 Å². The molecule has 0 radical (unpaired) electrons. The number of halogens is 6. The van der Waals surface area contributed by atoms with Crippen LogP contribution in [0.15, 0.2) is 60.7 Å². The summed E-state index contributed by atoms with van der Waals surface area (Å²) in [6.45, 7) is 8.43. The molecular weight excluding hydrogens is 542 g/mol. The molecule has 12 heteroatoms. The molecule has 0 amide bonds. The molecule has 0 unspecified atom stereocenters. The molecule has 6 nitrogen and oxygen atoms in total. The SMILES string of the molecule is CC(C)(C)OC(=O)[C@H](c1ccccc1)[C@@H](N)C(F)(F)F.CC(C)COC(=O)[C@H](c1ccccc1)[C@@H](N)C(F)(F)F. The molecule has 224 valence electrons. The predicted molar refractivity (Wildman–Crippen MR) is 138 cm³/mol. The van der Waals surface area contributed by atoms with Gasteiger partial charge in [0.1, 0.15) is 29.5 Å². The van der Waals surface area contributed by atoms with E-state index < -0.39 is 53.8 Å². The van der Waals surface area contributed by atoms with E-state index in [9.17, 15) is 35.9 Å². The van der Waals surface area contributed by atoms with Crippen LogP contribution in [0, 0.1) is 5.92 Å². The second-order valence-electron chi connectivity index (χ2n) is 10.5. The Morgan fingerprint density at radius 2 is 1.05 bits per heavy atom. The van der Waals surface area contributed by atoms with Gasteiger partial charge in [-0.2, -0.15) is 26.3 Å². The molecule has 0 saturated carbocycles. The minimum absolute atomic E-state index is 0.0393. The molecule has 2 rings (SSSR count). The number of alkyl halides is 6. The van der Waals surface area contributed by atoms with E-state index in [0.717, 1.165) is 0 Å². The average Bonchev–Trinajstić information content (AvgIpc) is 2.82. The van der Waals surface area contributed by atoms with Crippen LogP contribution in [-0.2, 0) is 19.1 Å². The van der Waals surface area contributed by atoms with Gasteiger partial charge in [-0.25, -0.2) is 0 Å². The van der Waals surface area contributed by atoms with E-state index >= 15 is 0 Å². The van der Waals surface area contributed by atoms with Crippen LogP contribution in [0.25, 0.3) is 0 Å². The Morgan fingerprint density at radius 1 is 0.700 bits per heavy atom. The normalized spacial score (nSPS) is 15.2. The molecule has 0 aliphatic rings. The van der Waals surface area contributed by atoms with Crippen molar-refractivity contribution in [1.29, 1.82) is 0 Å². The van der Waals surface area contributed by atoms with Crippen LogP contribution in [0.4, 0.5) is 26.3 Å². The molecule has 0 saturated heterocycles. The lowest BCUT2D eigenvalue weighted by Gasteiger charge is -2.28. The lowest BCUT2D eigenvalue weighted by Crippen LogP contribution is -2.47. The number of ether oxygens (including phenoxy) is 2. The number of benzene rings is 2. The average molecular weight is 579 g/mol. The smallest absolute Gasteiger partial charge is 0.404 e. The Kier molecular flexibility index (Phi) is 12.6. The summed E-state index contributed by atoms with van der Waals surface area (Å²) < 4.78 is 86.9. The molecule has 2 aromatic rings. The predicted octanol–water partition coefficient (Wildman–Crippen LogP) is 5.86. The van der Waals surface area contributed by atoms with Crippen molar-refractivity contribution in [1.82, 2.24) is 0 Å². The van der Waals surface area contributed by atoms with E-state index in [0.29, 0.717) is 0 Å². The van der Waals surface area contributed by atoms with Gasteiger partial charge in [0, 0.05) is 0 Å². The topological polar surface area (TPSA) is 105 Å². The van der Waals surface area contributed by atoms with Crippen LogP contribution in [-0.4, -0.2) is 48.6 Å². The van der Waals surface area contributed by atoms with Crippen molar-refractivity contribution in [3.63, 3.8) is 0 Å². The van der Waals surface area contributed by atoms with E-state index in [1.54, 1.807) is 71.0 Å². The van der Waals surface area contributed by atoms with E-state index in [1.165, 1.54) is 24.3 Å². The van der Waals surface area contributed by atoms with Crippen LogP contribution in [0.1, 0.15) is 57.6 Å². The molecule has 4 N–H and O–H groups in total. The number of carbonyl (C=O) groups excluding carboxylic acids is 2. The summed E-state index contributed by atoms with van der Waals surface area (Å²) in [6, 6.07) is 10.7. The van der Waals surface area contributed by atoms with Crippen LogP contribution in [0.3, 0.4) is 0 Å². The highest BCUT2D eigenvalue weighted by molar-refractivity contribution is 5.80. The van der Waals surface area contributed by atoms with Gasteiger partial charge < -0.3 is 20.9 Å². The van der Waals surface area contributed by atoms with Gasteiger partial charge >= 0.3 is 24.3 Å². The lowest BCUT2D eigenvalue weighted by atomic mass is 9.91. The number of nitrogens with two attached hydrogens (primary N) is 2. The summed E-state index contributed by atoms with van der Waals surface area (Å²) in [7, 11) is 0. The van der Waals surface area contributed by atoms with Gasteiger partial charge in [-0.15, -0.1) is 0 Å². The first-order chi connectivity index (χ1) is 18.3. The van der Waals surface area contributed by atoms with E-state index in [-0.39, 0.29) is 23.7 Å². The first-order valence-corrected chi connectivity index (χ1v) is 12.4. The summed E-state index contributed by atoms with van der Waals surface area (Å²) in [5.41, 5.74) is 9.94. The van der Waals surface area contributed by atoms with E-state index in [2.05, 4.69) is 0 Å². The van der Waals surface area contributed by atoms with Gasteiger partial charge in [0.15, 0.2) is 0 Å². The molecule has 0 aromatic heterocycles. The molecule has 0 fully saturated rings. The number of rotatable bonds is 8. The van der Waals surface area contributed by atoms with Crippen molar-refractivity contribution < 1.29 is 45.4 Å². The summed E-state index contributed by atoms with van der Waals surface area (Å²) in [5.74, 6) is -5.01. The van der Waals surface area contributed by atoms with Crippen LogP contribution in [0.5, 0.6) is 0 Å². The molecule has 4 atom stereocenters. The van der Waals surface area contributed by atoms with Crippen molar-refractivity contribution in [2.45, 2.75) is 76.5 Å². The maximum atomic E-state index is 12.8. The zero-order valence-electron chi connectivity index (χ0n) is 22.9. The third kappa shape index (κ3) is 11.5. The van der Waals surface area contributed by atoms with Gasteiger partial charge in [0.05, 0.1) is 6.61 Å². The Hall–Kier alpha value is -3.12. The zero-order chi connectivity index (χ0) is 30.9. The van der Waals surface area contributed by atoms with Gasteiger partial charge in [0.25, 0.3) is 0 Å². The number of esters is 2. The quantitative estimate of drug-likeness (QED) is 0.300. The second kappa shape index (κ2) is 14.5. The standard InChI is InChI=1S/2C14H18F3NO2/c1-13(2,3)20-12(19)10(11(18)14(15,16)17)9-7-5-4-6-8-9;1-9(2)8-20-13(19)11(12(18)14(15,16)17)10-6-4-3-5-7-10/h4-8,10-11H,18H2,1-3H3;3-7,9,11-12H,8,18H2,1-2H3/t10-,11-;11-,12-/m11/s1. The minimum Gasteiger partial charge on any atom is -0.465 e. The number of carbonyl (C=O) groups is 2. The summed E-state index contributed by atoms with van der Waals surface area (Å²) in [4.78, 5) is 24.0. The van der Waals surface area contributed by atoms with Crippen molar-refractivity contribution >= 4 is 11.9 Å². The Balaban J connectivity index is 0.000000400. The van der Waals surface area contributed by atoms with Gasteiger partial charge in [-0.3, -0.25) is 9.59 Å². The van der Waals surface area contributed by atoms with Gasteiger partial charge in [0.2, 0.25) is 0 Å². The monoisotopic (exact) mass is 578 g/mol. The Labute approximate surface area is 230 Å². The van der Waals surface area contributed by atoms with Crippen molar-refractivity contribution in [3.05, 3.63) is 71.8 Å². The van der Waals surface area contributed by atoms with Crippen LogP contribution >= 0.6 is 0 Å². The molecule has 2 aromatic carbocycles. The number of hydrogen-bond acceptors (Lipinski definition) is 6. The molecule has 0 aliphatic carbocycles. The van der Waals surface area contributed by atoms with Crippen LogP contribution < -0.4 is 11.5 Å². The third-order valence-corrected chi connectivity index (χ3v) is 5.27. The number of hydrogen-bond donors (Lipinski definition) is 2. The van der Waals surface area contributed by atoms with Crippen molar-refractivity contribution in [2.24, 2.45) is 17.4 Å². The van der Waals surface area contributed by atoms with E-state index in [1.807, 2.05) is 0 Å². The summed E-state index contributed by atoms with van der Waals surface area (Å²) in [5, 5.41) is 0. The summed E-state index contributed by atoms with van der Waals surface area (Å²) in [6.07, 6.45) is -9.35. The first-order valence-electron chi connectivity index (χ1n) is 12.4. The van der Waals surface area contributed by atoms with E-state index in [4.69, 9.17) is 20.9 Å². The third-order valence-electron chi connectivity index (χ3n) is 5.27. The Bertz CT molecular complexity index is 1050. The fraction of sp³-hybridized carbons (Fsp3) is 0.500. The molecule has 0 aliphatic heterocycles. The van der Waals surface area contributed by atoms with Crippen molar-refractivity contribution in [3.8, 4) is 0 Å². The minimum atomic E-state index is -4.68. The van der Waals surface area contributed by atoms with Crippen LogP contribution in [0.2, 0.25) is 0 Å². The molecule has 0 bridgehead atoms. The Morgan fingerprint density at radius 3 is 1.35 bits per heavy atom. The highest BCUT2D eigenvalue weighted by atomic mass is 19.4. The first kappa shape index (κ1) is 34.9. The maximum Gasteiger partial charge on any atom is 0.404 e. The fourth-order valence-electron chi connectivity index (χ4n) is 3.38. The maximum absolute atomic E-state index is 12.8. The molecule has 0 heterocycles. The fourth-order valence-corrected chi connectivity index (χ4v) is 3.38. The van der Waals surface area contributed by atoms with Gasteiger partial charge in [-0.05, 0) is 37.8 Å². The highest BCUT2D eigenvalue weighted by Crippen LogP contribution is 2.33.